The summed E-state index contributed by atoms with van der Waals surface area (Å²) in [7, 11) is -3.80. The molecule has 3 aromatic carbocycles. The van der Waals surface area contributed by atoms with Gasteiger partial charge in [-0.2, -0.15) is 5.10 Å². The van der Waals surface area contributed by atoms with Gasteiger partial charge < -0.3 is 9.15 Å². The minimum absolute atomic E-state index is 0.0115. The highest BCUT2D eigenvalue weighted by molar-refractivity contribution is 8.17. The number of carbonyl (C=O) groups is 1. The molecule has 2 unspecified atom stereocenters. The number of nitrogens with zero attached hydrogens (tertiary/aromatic N) is 2. The highest BCUT2D eigenvalue weighted by Gasteiger charge is 2.58. The van der Waals surface area contributed by atoms with Crippen molar-refractivity contribution >= 4 is 50.4 Å². The molecule has 1 fully saturated rings. The fourth-order valence-electron chi connectivity index (χ4n) is 5.21. The summed E-state index contributed by atoms with van der Waals surface area (Å²) >= 11 is 7.13. The normalized spacial score (nSPS) is 22.3. The Balaban J connectivity index is 1.28. The molecule has 9 nitrogen and oxygen atoms in total. The molecule has 1 aromatic heterocycles. The molecule has 2 atom stereocenters. The molecule has 0 radical (unpaired) electrons. The molecular weight excluding hydrogens is 584 g/mol. The number of halogens is 1. The number of hydrazone groups is 1. The second kappa shape index (κ2) is 9.52. The molecule has 1 amide bonds. The van der Waals surface area contributed by atoms with Gasteiger partial charge in [0.1, 0.15) is 17.3 Å². The van der Waals surface area contributed by atoms with Crippen LogP contribution in [0.5, 0.6) is 5.75 Å². The summed E-state index contributed by atoms with van der Waals surface area (Å²) in [5, 5.41) is 15.4. The number of ether oxygens (including phenoxy) is 1. The van der Waals surface area contributed by atoms with E-state index >= 15 is 0 Å². The lowest BCUT2D eigenvalue weighted by atomic mass is 9.96. The van der Waals surface area contributed by atoms with E-state index in [1.165, 1.54) is 12.1 Å². The number of thioether (sulfide) groups is 1. The van der Waals surface area contributed by atoms with Crippen LogP contribution in [0.1, 0.15) is 29.3 Å². The molecule has 0 aliphatic carbocycles. The van der Waals surface area contributed by atoms with E-state index < -0.39 is 15.9 Å². The van der Waals surface area contributed by atoms with Crippen LogP contribution in [-0.2, 0) is 10.0 Å². The third-order valence-electron chi connectivity index (χ3n) is 7.12. The molecule has 3 N–H and O–H groups in total. The van der Waals surface area contributed by atoms with Crippen LogP contribution < -0.4 is 15.2 Å². The first-order valence-corrected chi connectivity index (χ1v) is 15.3. The number of furan rings is 1. The van der Waals surface area contributed by atoms with Crippen LogP contribution >= 0.6 is 23.4 Å². The minimum Gasteiger partial charge on any atom is -0.457 e. The fraction of sp³-hybridized carbons (Fsp3) is 0.103. The van der Waals surface area contributed by atoms with Gasteiger partial charge in [0.05, 0.1) is 21.6 Å². The van der Waals surface area contributed by atoms with Crippen LogP contribution in [-0.4, -0.2) is 30.2 Å². The maximum atomic E-state index is 12.9. The van der Waals surface area contributed by atoms with Crippen molar-refractivity contribution in [3.05, 3.63) is 112 Å². The first-order chi connectivity index (χ1) is 19.7. The number of benzene rings is 3. The number of rotatable bonds is 4. The Bertz CT molecular complexity index is 1870. The molecule has 206 valence electrons. The van der Waals surface area contributed by atoms with E-state index in [0.717, 1.165) is 28.6 Å². The molecule has 12 heteroatoms. The molecule has 41 heavy (non-hydrogen) atoms. The number of hydrogen-bond donors (Lipinski definition) is 2. The van der Waals surface area contributed by atoms with Gasteiger partial charge in [0.15, 0.2) is 0 Å². The van der Waals surface area contributed by atoms with Gasteiger partial charge in [0.25, 0.3) is 5.24 Å². The van der Waals surface area contributed by atoms with Crippen molar-refractivity contribution in [2.75, 3.05) is 0 Å². The van der Waals surface area contributed by atoms with Crippen LogP contribution in [0, 0.1) is 0 Å². The predicted molar refractivity (Wildman–Crippen MR) is 157 cm³/mol. The summed E-state index contributed by atoms with van der Waals surface area (Å²) < 4.78 is 35.8. The average molecular weight is 605 g/mol. The molecule has 4 aromatic rings. The smallest absolute Gasteiger partial charge is 0.314 e. The molecule has 3 aliphatic heterocycles. The van der Waals surface area contributed by atoms with Crippen molar-refractivity contribution in [1.82, 2.24) is 10.3 Å². The molecule has 4 heterocycles. The van der Waals surface area contributed by atoms with Gasteiger partial charge in [-0.25, -0.2) is 18.6 Å². The van der Waals surface area contributed by atoms with Crippen molar-refractivity contribution in [1.29, 1.82) is 0 Å². The minimum atomic E-state index is -3.80. The zero-order chi connectivity index (χ0) is 28.4. The van der Waals surface area contributed by atoms with Gasteiger partial charge in [0, 0.05) is 22.6 Å². The topological polar surface area (TPSA) is 127 Å². The van der Waals surface area contributed by atoms with E-state index in [1.54, 1.807) is 30.3 Å². The van der Waals surface area contributed by atoms with Crippen LogP contribution in [0.3, 0.4) is 0 Å². The summed E-state index contributed by atoms with van der Waals surface area (Å²) in [5.41, 5.74) is 3.42. The lowest BCUT2D eigenvalue weighted by molar-refractivity contribution is -0.0949. The van der Waals surface area contributed by atoms with E-state index in [2.05, 4.69) is 5.32 Å². The van der Waals surface area contributed by atoms with Crippen LogP contribution in [0.4, 0.5) is 4.79 Å². The second-order valence-corrected chi connectivity index (χ2v) is 12.7. The van der Waals surface area contributed by atoms with Gasteiger partial charge in [-0.05, 0) is 78.0 Å². The molecule has 0 saturated carbocycles. The van der Waals surface area contributed by atoms with Crippen molar-refractivity contribution in [3.63, 3.8) is 0 Å². The van der Waals surface area contributed by atoms with E-state index in [4.69, 9.17) is 31.0 Å². The maximum Gasteiger partial charge on any atom is 0.314 e. The number of amides is 1. The summed E-state index contributed by atoms with van der Waals surface area (Å²) in [6, 6.07) is 24.7. The van der Waals surface area contributed by atoms with Gasteiger partial charge in [0.2, 0.25) is 10.0 Å². The second-order valence-electron chi connectivity index (χ2n) is 9.70. The summed E-state index contributed by atoms with van der Waals surface area (Å²) in [4.78, 5) is 13.5. The molecular formula is C29H21ClN4O5S2. The van der Waals surface area contributed by atoms with Gasteiger partial charge in [-0.3, -0.25) is 10.1 Å². The van der Waals surface area contributed by atoms with E-state index in [9.17, 15) is 13.2 Å². The van der Waals surface area contributed by atoms with Crippen LogP contribution in [0.15, 0.2) is 104 Å². The summed E-state index contributed by atoms with van der Waals surface area (Å²) in [6.45, 7) is 0. The van der Waals surface area contributed by atoms with Crippen molar-refractivity contribution < 1.29 is 22.4 Å². The molecule has 3 aliphatic rings. The van der Waals surface area contributed by atoms with Crippen molar-refractivity contribution in [3.8, 4) is 17.1 Å². The van der Waals surface area contributed by atoms with Crippen molar-refractivity contribution in [2.24, 2.45) is 10.2 Å². The monoisotopic (exact) mass is 604 g/mol. The van der Waals surface area contributed by atoms with Gasteiger partial charge in [-0.1, -0.05) is 41.9 Å². The molecule has 1 spiro atoms. The number of sulfonamides is 1. The van der Waals surface area contributed by atoms with E-state index in [-0.39, 0.29) is 16.2 Å². The SMILES string of the molecule is NS(=O)(=O)c1ccc(-c2ccc(/C=C3\SC(=O)NC34Oc3ccccc3C3CC(c5ccc(Cl)cc5)=NN34)o2)cc1. The Labute approximate surface area is 244 Å². The third kappa shape index (κ3) is 4.51. The number of nitrogens with two attached hydrogens (primary N) is 1. The molecule has 7 rings (SSSR count). The zero-order valence-corrected chi connectivity index (χ0v) is 23.5. The third-order valence-corrected chi connectivity index (χ3v) is 9.20. The molecule has 1 saturated heterocycles. The number of para-hydroxylation sites is 1. The van der Waals surface area contributed by atoms with Crippen LogP contribution in [0.25, 0.3) is 17.4 Å². The Morgan fingerprint density at radius 1 is 1.02 bits per heavy atom. The predicted octanol–water partition coefficient (Wildman–Crippen LogP) is 5.94. The Morgan fingerprint density at radius 3 is 2.51 bits per heavy atom. The zero-order valence-electron chi connectivity index (χ0n) is 21.2. The number of primary sulfonamides is 1. The summed E-state index contributed by atoms with van der Waals surface area (Å²) in [5.74, 6) is 0.282. The number of nitrogens with one attached hydrogen (secondary N) is 1. The maximum absolute atomic E-state index is 12.9. The van der Waals surface area contributed by atoms with Crippen LogP contribution in [0.2, 0.25) is 5.02 Å². The first kappa shape index (κ1) is 25.9. The Hall–Kier alpha value is -4.03. The highest BCUT2D eigenvalue weighted by Crippen LogP contribution is 2.52. The average Bonchev–Trinajstić information content (AvgIpc) is 3.68. The Morgan fingerprint density at radius 2 is 1.76 bits per heavy atom. The van der Waals surface area contributed by atoms with Gasteiger partial charge in [-0.15, -0.1) is 0 Å². The molecule has 0 bridgehead atoms. The number of carbonyl (C=O) groups excluding carboxylic acids is 1. The van der Waals surface area contributed by atoms with Crippen molar-refractivity contribution in [2.45, 2.75) is 23.2 Å². The number of fused-ring (bicyclic) bond motifs is 4. The fourth-order valence-corrected chi connectivity index (χ4v) is 6.74. The highest BCUT2D eigenvalue weighted by atomic mass is 35.5. The lowest BCUT2D eigenvalue weighted by Crippen LogP contribution is -2.61. The number of hydrogen-bond acceptors (Lipinski definition) is 8. The van der Waals surface area contributed by atoms with E-state index in [0.29, 0.717) is 39.2 Å². The first-order valence-electron chi connectivity index (χ1n) is 12.6. The quantitative estimate of drug-likeness (QED) is 0.295. The standard InChI is InChI=1S/C29H21ClN4O5S2/c30-19-9-5-17(6-10-19)23-16-24-22-3-1-2-4-26(22)39-29(34(24)33-23)27(40-28(35)32-29)15-20-11-14-25(38-20)18-7-12-21(13-8-18)41(31,36)37/h1-15,24H,16H2,(H,32,35)(H2,31,36,37)/b27-15-. The Kier molecular flexibility index (Phi) is 6.02. The largest absolute Gasteiger partial charge is 0.457 e. The van der Waals surface area contributed by atoms with E-state index in [1.807, 2.05) is 53.5 Å². The van der Waals surface area contributed by atoms with Gasteiger partial charge >= 0.3 is 5.85 Å². The summed E-state index contributed by atoms with van der Waals surface area (Å²) in [6.07, 6.45) is 2.36. The lowest BCUT2D eigenvalue weighted by Gasteiger charge is -2.44.